The number of methoxy groups -OCH3 is 2. The molecule has 0 spiro atoms. The van der Waals surface area contributed by atoms with Crippen molar-refractivity contribution < 1.29 is 14.3 Å². The van der Waals surface area contributed by atoms with E-state index in [0.29, 0.717) is 23.8 Å². The van der Waals surface area contributed by atoms with Gasteiger partial charge in [-0.1, -0.05) is 42.0 Å². The van der Waals surface area contributed by atoms with Crippen LogP contribution in [0.25, 0.3) is 0 Å². The molecule has 24 heavy (non-hydrogen) atoms. The van der Waals surface area contributed by atoms with E-state index >= 15 is 0 Å². The second kappa shape index (κ2) is 9.23. The van der Waals surface area contributed by atoms with E-state index in [1.54, 1.807) is 26.0 Å². The smallest absolute Gasteiger partial charge is 0.230 e. The molecule has 0 saturated carbocycles. The summed E-state index contributed by atoms with van der Waals surface area (Å²) in [4.78, 5) is 12.0. The van der Waals surface area contributed by atoms with E-state index in [9.17, 15) is 4.79 Å². The van der Waals surface area contributed by atoms with Gasteiger partial charge in [-0.05, 0) is 18.6 Å². The van der Waals surface area contributed by atoms with Gasteiger partial charge < -0.3 is 14.8 Å². The highest BCUT2D eigenvalue weighted by atomic mass is 32.2. The molecule has 0 saturated heterocycles. The molecule has 0 aliphatic carbocycles. The number of benzene rings is 2. The van der Waals surface area contributed by atoms with Crippen molar-refractivity contribution in [2.45, 2.75) is 19.2 Å². The molecular formula is C19H23NO3S. The second-order valence-corrected chi connectivity index (χ2v) is 6.40. The summed E-state index contributed by atoms with van der Waals surface area (Å²) in [6, 6.07) is 14.0. The monoisotopic (exact) mass is 345 g/mol. The van der Waals surface area contributed by atoms with Gasteiger partial charge in [0, 0.05) is 17.9 Å². The third-order valence-corrected chi connectivity index (χ3v) is 4.55. The zero-order valence-corrected chi connectivity index (χ0v) is 15.1. The summed E-state index contributed by atoms with van der Waals surface area (Å²) >= 11 is 1.61. The van der Waals surface area contributed by atoms with E-state index in [1.165, 1.54) is 11.1 Å². The van der Waals surface area contributed by atoms with Gasteiger partial charge in [0.1, 0.15) is 0 Å². The number of rotatable bonds is 8. The predicted molar refractivity (Wildman–Crippen MR) is 98.7 cm³/mol. The number of ether oxygens (including phenoxy) is 2. The summed E-state index contributed by atoms with van der Waals surface area (Å²) < 4.78 is 10.6. The van der Waals surface area contributed by atoms with Gasteiger partial charge in [0.15, 0.2) is 11.5 Å². The lowest BCUT2D eigenvalue weighted by molar-refractivity contribution is -0.118. The van der Waals surface area contributed by atoms with Crippen LogP contribution in [0.15, 0.2) is 42.5 Å². The van der Waals surface area contributed by atoms with Crippen LogP contribution in [0.5, 0.6) is 11.5 Å². The minimum absolute atomic E-state index is 0.0116. The maximum Gasteiger partial charge on any atom is 0.230 e. The molecule has 0 heterocycles. The first-order chi connectivity index (χ1) is 11.6. The van der Waals surface area contributed by atoms with Gasteiger partial charge in [0.25, 0.3) is 0 Å². The summed E-state index contributed by atoms with van der Waals surface area (Å²) in [7, 11) is 3.20. The van der Waals surface area contributed by atoms with Gasteiger partial charge in [0.2, 0.25) is 5.91 Å². The first-order valence-electron chi connectivity index (χ1n) is 7.74. The van der Waals surface area contributed by atoms with Gasteiger partial charge in [-0.25, -0.2) is 0 Å². The average Bonchev–Trinajstić information content (AvgIpc) is 2.59. The van der Waals surface area contributed by atoms with Crippen molar-refractivity contribution in [3.63, 3.8) is 0 Å². The minimum Gasteiger partial charge on any atom is -0.493 e. The zero-order chi connectivity index (χ0) is 17.4. The fourth-order valence-corrected chi connectivity index (χ4v) is 3.21. The molecule has 0 aliphatic rings. The van der Waals surface area contributed by atoms with Gasteiger partial charge >= 0.3 is 0 Å². The Hall–Kier alpha value is -2.14. The van der Waals surface area contributed by atoms with Gasteiger partial charge in [-0.15, -0.1) is 11.8 Å². The molecule has 0 fully saturated rings. The minimum atomic E-state index is 0.0116. The molecule has 1 N–H and O–H groups in total. The molecular weight excluding hydrogens is 322 g/mol. The van der Waals surface area contributed by atoms with Crippen LogP contribution in [0.2, 0.25) is 0 Å². The molecule has 5 heteroatoms. The zero-order valence-electron chi connectivity index (χ0n) is 14.3. The molecule has 0 aromatic heterocycles. The van der Waals surface area contributed by atoms with Crippen molar-refractivity contribution in [1.29, 1.82) is 0 Å². The first kappa shape index (κ1) is 18.2. The van der Waals surface area contributed by atoms with Gasteiger partial charge in [-0.3, -0.25) is 4.79 Å². The number of para-hydroxylation sites is 1. The Morgan fingerprint density at radius 2 is 1.92 bits per heavy atom. The molecule has 0 unspecified atom stereocenters. The number of carbonyl (C=O) groups excluding carboxylic acids is 1. The molecule has 0 atom stereocenters. The largest absolute Gasteiger partial charge is 0.493 e. The van der Waals surface area contributed by atoms with Crippen LogP contribution in [-0.2, 0) is 17.1 Å². The van der Waals surface area contributed by atoms with Crippen molar-refractivity contribution in [2.24, 2.45) is 0 Å². The summed E-state index contributed by atoms with van der Waals surface area (Å²) in [6.45, 7) is 2.49. The normalized spacial score (nSPS) is 10.3. The Kier molecular flexibility index (Phi) is 7.00. The lowest BCUT2D eigenvalue weighted by atomic mass is 10.2. The lowest BCUT2D eigenvalue weighted by Crippen LogP contribution is -2.24. The maximum absolute atomic E-state index is 12.0. The van der Waals surface area contributed by atoms with Gasteiger partial charge in [-0.2, -0.15) is 0 Å². The van der Waals surface area contributed by atoms with E-state index < -0.39 is 0 Å². The van der Waals surface area contributed by atoms with Crippen LogP contribution in [0.3, 0.4) is 0 Å². The molecule has 2 aromatic carbocycles. The van der Waals surface area contributed by atoms with Crippen molar-refractivity contribution >= 4 is 17.7 Å². The summed E-state index contributed by atoms with van der Waals surface area (Å²) in [5.74, 6) is 2.60. The number of hydrogen-bond acceptors (Lipinski definition) is 4. The Labute approximate surface area is 147 Å². The van der Waals surface area contributed by atoms with Crippen LogP contribution in [0.1, 0.15) is 16.7 Å². The standard InChI is InChI=1S/C19H23NO3S/c1-14-6-4-7-15(10-14)12-24-13-18(21)20-11-16-8-5-9-17(22-2)19(16)23-3/h4-10H,11-13H2,1-3H3,(H,20,21). The first-order valence-corrected chi connectivity index (χ1v) is 8.89. The van der Waals surface area contributed by atoms with Crippen LogP contribution in [0.4, 0.5) is 0 Å². The molecule has 128 valence electrons. The molecule has 2 rings (SSSR count). The fraction of sp³-hybridized carbons (Fsp3) is 0.316. The van der Waals surface area contributed by atoms with Gasteiger partial charge in [0.05, 0.1) is 20.0 Å². The average molecular weight is 345 g/mol. The predicted octanol–water partition coefficient (Wildman–Crippen LogP) is 3.56. The number of carbonyl (C=O) groups is 1. The molecule has 0 aliphatic heterocycles. The second-order valence-electron chi connectivity index (χ2n) is 5.41. The van der Waals surface area contributed by atoms with E-state index in [2.05, 4.69) is 30.4 Å². The van der Waals surface area contributed by atoms with E-state index in [-0.39, 0.29) is 5.91 Å². The summed E-state index contributed by atoms with van der Waals surface area (Å²) in [5.41, 5.74) is 3.37. The number of hydrogen-bond donors (Lipinski definition) is 1. The quantitative estimate of drug-likeness (QED) is 0.795. The topological polar surface area (TPSA) is 47.6 Å². The molecule has 4 nitrogen and oxygen atoms in total. The third-order valence-electron chi connectivity index (χ3n) is 3.54. The van der Waals surface area contributed by atoms with Crippen LogP contribution >= 0.6 is 11.8 Å². The molecule has 0 radical (unpaired) electrons. The van der Waals surface area contributed by atoms with Crippen molar-refractivity contribution in [3.05, 3.63) is 59.2 Å². The highest BCUT2D eigenvalue weighted by Gasteiger charge is 2.10. The maximum atomic E-state index is 12.0. The molecule has 1 amide bonds. The number of aryl methyl sites for hydroxylation is 1. The highest BCUT2D eigenvalue weighted by Crippen LogP contribution is 2.30. The number of thioether (sulfide) groups is 1. The summed E-state index contributed by atoms with van der Waals surface area (Å²) in [5, 5.41) is 2.93. The molecule has 0 bridgehead atoms. The van der Waals surface area contributed by atoms with Crippen molar-refractivity contribution in [2.75, 3.05) is 20.0 Å². The van der Waals surface area contributed by atoms with E-state index in [0.717, 1.165) is 11.3 Å². The lowest BCUT2D eigenvalue weighted by Gasteiger charge is -2.13. The SMILES string of the molecule is COc1cccc(CNC(=O)CSCc2cccc(C)c2)c1OC. The van der Waals surface area contributed by atoms with Crippen LogP contribution in [0, 0.1) is 6.92 Å². The Balaban J connectivity index is 1.81. The Morgan fingerprint density at radius 1 is 1.12 bits per heavy atom. The number of amides is 1. The summed E-state index contributed by atoms with van der Waals surface area (Å²) in [6.07, 6.45) is 0. The van der Waals surface area contributed by atoms with E-state index in [1.807, 2.05) is 24.3 Å². The van der Waals surface area contributed by atoms with Crippen LogP contribution < -0.4 is 14.8 Å². The van der Waals surface area contributed by atoms with E-state index in [4.69, 9.17) is 9.47 Å². The fourth-order valence-electron chi connectivity index (χ4n) is 2.40. The Morgan fingerprint density at radius 3 is 2.62 bits per heavy atom. The molecule has 2 aromatic rings. The third kappa shape index (κ3) is 5.20. The van der Waals surface area contributed by atoms with Crippen LogP contribution in [-0.4, -0.2) is 25.9 Å². The Bertz CT molecular complexity index is 688. The highest BCUT2D eigenvalue weighted by molar-refractivity contribution is 7.99. The number of nitrogens with one attached hydrogen (secondary N) is 1. The van der Waals surface area contributed by atoms with Crippen molar-refractivity contribution in [1.82, 2.24) is 5.32 Å². The van der Waals surface area contributed by atoms with Crippen molar-refractivity contribution in [3.8, 4) is 11.5 Å².